The molecular formula is C20H23N3O3. The molecule has 26 heavy (non-hydrogen) atoms. The minimum absolute atomic E-state index is 0.0271. The van der Waals surface area contributed by atoms with Gasteiger partial charge in [0, 0.05) is 31.7 Å². The van der Waals surface area contributed by atoms with Gasteiger partial charge in [-0.1, -0.05) is 24.3 Å². The van der Waals surface area contributed by atoms with Gasteiger partial charge in [0.1, 0.15) is 12.0 Å². The number of aldehydes is 1. The Kier molecular flexibility index (Phi) is 5.65. The first-order chi connectivity index (χ1) is 12.6. The predicted molar refractivity (Wildman–Crippen MR) is 99.0 cm³/mol. The van der Waals surface area contributed by atoms with E-state index in [1.54, 1.807) is 29.2 Å². The highest BCUT2D eigenvalue weighted by atomic mass is 16.3. The molecule has 1 heterocycles. The van der Waals surface area contributed by atoms with Crippen molar-refractivity contribution in [2.75, 3.05) is 32.7 Å². The topological polar surface area (TPSA) is 86.9 Å². The number of carbonyl (C=O) groups excluding carboxylic acids is 2. The van der Waals surface area contributed by atoms with E-state index in [0.29, 0.717) is 38.3 Å². The highest BCUT2D eigenvalue weighted by molar-refractivity contribution is 5.94. The van der Waals surface area contributed by atoms with Crippen LogP contribution in [0.4, 0.5) is 0 Å². The third-order valence-electron chi connectivity index (χ3n) is 4.71. The largest absolute Gasteiger partial charge is 0.508 e. The molecule has 3 rings (SSSR count). The second-order valence-corrected chi connectivity index (χ2v) is 6.46. The number of phenolic OH excluding ortho intramolecular Hbond substituents is 1. The maximum Gasteiger partial charge on any atom is 0.253 e. The maximum absolute atomic E-state index is 12.8. The summed E-state index contributed by atoms with van der Waals surface area (Å²) >= 11 is 0. The number of benzene rings is 2. The van der Waals surface area contributed by atoms with Crippen LogP contribution in [0.2, 0.25) is 0 Å². The van der Waals surface area contributed by atoms with Crippen molar-refractivity contribution in [3.8, 4) is 5.75 Å². The van der Waals surface area contributed by atoms with Gasteiger partial charge in [-0.2, -0.15) is 0 Å². The summed E-state index contributed by atoms with van der Waals surface area (Å²) in [7, 11) is 0. The second kappa shape index (κ2) is 8.12. The van der Waals surface area contributed by atoms with Gasteiger partial charge in [0.15, 0.2) is 0 Å². The van der Waals surface area contributed by atoms with Crippen LogP contribution in [0.1, 0.15) is 27.5 Å². The van der Waals surface area contributed by atoms with Crippen LogP contribution in [0.15, 0.2) is 48.5 Å². The maximum atomic E-state index is 12.8. The number of piperazine rings is 1. The average molecular weight is 353 g/mol. The van der Waals surface area contributed by atoms with E-state index in [1.807, 2.05) is 29.2 Å². The first-order valence-electron chi connectivity index (χ1n) is 8.68. The number of nitrogens with zero attached hydrogens (tertiary/aromatic N) is 2. The molecule has 0 radical (unpaired) electrons. The van der Waals surface area contributed by atoms with Gasteiger partial charge in [0.05, 0.1) is 12.6 Å². The summed E-state index contributed by atoms with van der Waals surface area (Å²) in [5.41, 5.74) is 8.52. The zero-order valence-electron chi connectivity index (χ0n) is 14.5. The number of hydrogen-bond acceptors (Lipinski definition) is 5. The normalized spacial score (nSPS) is 16.3. The van der Waals surface area contributed by atoms with Crippen LogP contribution in [0.3, 0.4) is 0 Å². The Balaban J connectivity index is 1.73. The number of amides is 1. The smallest absolute Gasteiger partial charge is 0.253 e. The molecule has 1 aliphatic rings. The van der Waals surface area contributed by atoms with Gasteiger partial charge < -0.3 is 20.5 Å². The summed E-state index contributed by atoms with van der Waals surface area (Å²) < 4.78 is 0. The first-order valence-corrected chi connectivity index (χ1v) is 8.68. The van der Waals surface area contributed by atoms with E-state index in [1.165, 1.54) is 0 Å². The van der Waals surface area contributed by atoms with Crippen molar-refractivity contribution in [1.29, 1.82) is 0 Å². The molecule has 1 atom stereocenters. The van der Waals surface area contributed by atoms with Crippen LogP contribution in [0.25, 0.3) is 0 Å². The van der Waals surface area contributed by atoms with E-state index in [0.717, 1.165) is 17.4 Å². The van der Waals surface area contributed by atoms with Crippen molar-refractivity contribution in [3.63, 3.8) is 0 Å². The molecular weight excluding hydrogens is 330 g/mol. The fraction of sp³-hybridized carbons (Fsp3) is 0.300. The van der Waals surface area contributed by atoms with E-state index in [2.05, 4.69) is 0 Å². The van der Waals surface area contributed by atoms with Gasteiger partial charge in [-0.15, -0.1) is 0 Å². The summed E-state index contributed by atoms with van der Waals surface area (Å²) in [6.07, 6.45) is 0.893. The van der Waals surface area contributed by atoms with Gasteiger partial charge >= 0.3 is 0 Å². The molecule has 1 unspecified atom stereocenters. The van der Waals surface area contributed by atoms with Crippen molar-refractivity contribution in [1.82, 2.24) is 9.80 Å². The van der Waals surface area contributed by atoms with Gasteiger partial charge in [0.25, 0.3) is 5.91 Å². The molecule has 136 valence electrons. The minimum Gasteiger partial charge on any atom is -0.508 e. The highest BCUT2D eigenvalue weighted by Gasteiger charge is 2.22. The lowest BCUT2D eigenvalue weighted by Crippen LogP contribution is -2.49. The molecule has 6 nitrogen and oxygen atoms in total. The Morgan fingerprint density at radius 3 is 2.38 bits per heavy atom. The number of phenols is 1. The number of nitrogens with two attached hydrogens (primary N) is 1. The van der Waals surface area contributed by atoms with E-state index < -0.39 is 6.04 Å². The molecule has 3 N–H and O–H groups in total. The molecule has 1 fully saturated rings. The Bertz CT molecular complexity index is 785. The van der Waals surface area contributed by atoms with Crippen LogP contribution in [-0.4, -0.2) is 59.8 Å². The summed E-state index contributed by atoms with van der Waals surface area (Å²) in [5.74, 6) is 0.138. The van der Waals surface area contributed by atoms with E-state index in [-0.39, 0.29) is 11.7 Å². The molecule has 2 aromatic rings. The van der Waals surface area contributed by atoms with Crippen molar-refractivity contribution in [2.24, 2.45) is 5.73 Å². The SMILES string of the molecule is NC(c1cccc(O)c1)c1cccc(C(=O)N2CCN(CC=O)CC2)c1. The molecule has 1 aliphatic heterocycles. The number of rotatable bonds is 5. The Labute approximate surface area is 152 Å². The molecule has 6 heteroatoms. The molecule has 0 aliphatic carbocycles. The quantitative estimate of drug-likeness (QED) is 0.794. The number of aromatic hydroxyl groups is 1. The molecule has 0 bridgehead atoms. The Morgan fingerprint density at radius 1 is 1.08 bits per heavy atom. The van der Waals surface area contributed by atoms with Crippen LogP contribution in [0.5, 0.6) is 5.75 Å². The van der Waals surface area contributed by atoms with Crippen molar-refractivity contribution < 1.29 is 14.7 Å². The van der Waals surface area contributed by atoms with Crippen molar-refractivity contribution >= 4 is 12.2 Å². The summed E-state index contributed by atoms with van der Waals surface area (Å²) in [6.45, 7) is 3.03. The summed E-state index contributed by atoms with van der Waals surface area (Å²) in [5, 5.41) is 9.64. The fourth-order valence-electron chi connectivity index (χ4n) is 3.20. The predicted octanol–water partition coefficient (Wildman–Crippen LogP) is 1.40. The van der Waals surface area contributed by atoms with E-state index >= 15 is 0 Å². The lowest BCUT2D eigenvalue weighted by molar-refractivity contribution is -0.109. The lowest BCUT2D eigenvalue weighted by Gasteiger charge is -2.33. The lowest BCUT2D eigenvalue weighted by atomic mass is 9.97. The van der Waals surface area contributed by atoms with Crippen LogP contribution in [0, 0.1) is 0 Å². The van der Waals surface area contributed by atoms with Gasteiger partial charge in [-0.3, -0.25) is 9.69 Å². The van der Waals surface area contributed by atoms with Crippen molar-refractivity contribution in [3.05, 3.63) is 65.2 Å². The minimum atomic E-state index is -0.417. The van der Waals surface area contributed by atoms with Gasteiger partial charge in [-0.05, 0) is 35.4 Å². The monoisotopic (exact) mass is 353 g/mol. The first kappa shape index (κ1) is 18.1. The van der Waals surface area contributed by atoms with Crippen LogP contribution < -0.4 is 5.73 Å². The summed E-state index contributed by atoms with van der Waals surface area (Å²) in [4.78, 5) is 27.2. The third-order valence-corrected chi connectivity index (χ3v) is 4.71. The standard InChI is InChI=1S/C20H23N3O3/c21-19(16-4-2-6-18(25)14-16)15-3-1-5-17(13-15)20(26)23-9-7-22(8-10-23)11-12-24/h1-6,12-14,19,25H,7-11,21H2. The zero-order valence-corrected chi connectivity index (χ0v) is 14.5. The second-order valence-electron chi connectivity index (χ2n) is 6.46. The summed E-state index contributed by atoms with van der Waals surface area (Å²) in [6, 6.07) is 13.7. The van der Waals surface area contributed by atoms with E-state index in [4.69, 9.17) is 5.73 Å². The molecule has 2 aromatic carbocycles. The molecule has 0 saturated carbocycles. The molecule has 0 aromatic heterocycles. The average Bonchev–Trinajstić information content (AvgIpc) is 2.68. The Morgan fingerprint density at radius 2 is 1.73 bits per heavy atom. The molecule has 1 amide bonds. The number of carbonyl (C=O) groups is 2. The Hall–Kier alpha value is -2.70. The van der Waals surface area contributed by atoms with Crippen molar-refractivity contribution in [2.45, 2.75) is 6.04 Å². The molecule has 0 spiro atoms. The van der Waals surface area contributed by atoms with Crippen LogP contribution >= 0.6 is 0 Å². The fourth-order valence-corrected chi connectivity index (χ4v) is 3.20. The zero-order chi connectivity index (χ0) is 18.5. The van der Waals surface area contributed by atoms with Gasteiger partial charge in [0.2, 0.25) is 0 Å². The van der Waals surface area contributed by atoms with E-state index in [9.17, 15) is 14.7 Å². The highest BCUT2D eigenvalue weighted by Crippen LogP contribution is 2.24. The third kappa shape index (κ3) is 4.09. The van der Waals surface area contributed by atoms with Gasteiger partial charge in [-0.25, -0.2) is 0 Å². The van der Waals surface area contributed by atoms with Crippen LogP contribution in [-0.2, 0) is 4.79 Å². The molecule has 1 saturated heterocycles. The number of hydrogen-bond donors (Lipinski definition) is 2.